The molecular formula is C17H16FNO2S. The van der Waals surface area contributed by atoms with E-state index in [-0.39, 0.29) is 18.3 Å². The fraction of sp³-hybridized carbons (Fsp3) is 0.235. The van der Waals surface area contributed by atoms with Gasteiger partial charge < -0.3 is 9.64 Å². The molecule has 0 fully saturated rings. The van der Waals surface area contributed by atoms with Crippen LogP contribution < -0.4 is 9.64 Å². The summed E-state index contributed by atoms with van der Waals surface area (Å²) in [6.45, 7) is 0.639. The maximum absolute atomic E-state index is 12.9. The zero-order chi connectivity index (χ0) is 15.4. The van der Waals surface area contributed by atoms with E-state index in [1.807, 2.05) is 24.3 Å². The summed E-state index contributed by atoms with van der Waals surface area (Å²) in [5.74, 6) is 1.09. The van der Waals surface area contributed by atoms with E-state index in [1.165, 1.54) is 24.3 Å². The Labute approximate surface area is 133 Å². The van der Waals surface area contributed by atoms with Crippen molar-refractivity contribution >= 4 is 23.4 Å². The van der Waals surface area contributed by atoms with Gasteiger partial charge in [0.05, 0.1) is 5.69 Å². The third-order valence-corrected chi connectivity index (χ3v) is 4.57. The minimum Gasteiger partial charge on any atom is -0.484 e. The van der Waals surface area contributed by atoms with Crippen molar-refractivity contribution in [3.05, 3.63) is 54.3 Å². The standard InChI is InChI=1S/C17H16FNO2S/c18-13-6-8-14(9-7-13)21-12-17(20)19-10-3-11-22-16-5-2-1-4-15(16)19/h1-2,4-9H,3,10-12H2. The molecule has 114 valence electrons. The molecule has 0 saturated heterocycles. The molecular weight excluding hydrogens is 301 g/mol. The van der Waals surface area contributed by atoms with Gasteiger partial charge in [-0.1, -0.05) is 12.1 Å². The lowest BCUT2D eigenvalue weighted by molar-refractivity contribution is -0.120. The summed E-state index contributed by atoms with van der Waals surface area (Å²) < 4.78 is 18.3. The van der Waals surface area contributed by atoms with E-state index in [1.54, 1.807) is 16.7 Å². The third kappa shape index (κ3) is 3.42. The van der Waals surface area contributed by atoms with Gasteiger partial charge in [-0.15, -0.1) is 11.8 Å². The quantitative estimate of drug-likeness (QED) is 0.864. The second kappa shape index (κ2) is 6.83. The fourth-order valence-corrected chi connectivity index (χ4v) is 3.33. The van der Waals surface area contributed by atoms with E-state index in [0.29, 0.717) is 12.3 Å². The van der Waals surface area contributed by atoms with Crippen molar-refractivity contribution in [1.82, 2.24) is 0 Å². The minimum atomic E-state index is -0.322. The number of nitrogens with zero attached hydrogens (tertiary/aromatic N) is 1. The Kier molecular flexibility index (Phi) is 4.63. The van der Waals surface area contributed by atoms with Gasteiger partial charge in [0.15, 0.2) is 6.61 Å². The van der Waals surface area contributed by atoms with E-state index < -0.39 is 0 Å². The number of amides is 1. The third-order valence-electron chi connectivity index (χ3n) is 3.42. The van der Waals surface area contributed by atoms with Crippen LogP contribution >= 0.6 is 11.8 Å². The summed E-state index contributed by atoms with van der Waals surface area (Å²) in [7, 11) is 0. The lowest BCUT2D eigenvalue weighted by Crippen LogP contribution is -2.35. The molecule has 0 unspecified atom stereocenters. The number of ether oxygens (including phenoxy) is 1. The highest BCUT2D eigenvalue weighted by Crippen LogP contribution is 2.33. The van der Waals surface area contributed by atoms with Crippen molar-refractivity contribution in [3.63, 3.8) is 0 Å². The first-order valence-electron chi connectivity index (χ1n) is 7.14. The van der Waals surface area contributed by atoms with Crippen molar-refractivity contribution in [2.45, 2.75) is 11.3 Å². The highest BCUT2D eigenvalue weighted by molar-refractivity contribution is 7.99. The van der Waals surface area contributed by atoms with E-state index in [9.17, 15) is 9.18 Å². The maximum Gasteiger partial charge on any atom is 0.264 e. The van der Waals surface area contributed by atoms with Gasteiger partial charge in [0.2, 0.25) is 0 Å². The Balaban J connectivity index is 1.70. The number of anilines is 1. The minimum absolute atomic E-state index is 0.0510. The second-order valence-corrected chi connectivity index (χ2v) is 6.09. The van der Waals surface area contributed by atoms with Gasteiger partial charge >= 0.3 is 0 Å². The molecule has 0 saturated carbocycles. The first-order chi connectivity index (χ1) is 10.7. The molecule has 0 atom stereocenters. The number of halogens is 1. The second-order valence-electron chi connectivity index (χ2n) is 4.96. The summed E-state index contributed by atoms with van der Waals surface area (Å²) in [6.07, 6.45) is 0.946. The van der Waals surface area contributed by atoms with Crippen LogP contribution in [0.5, 0.6) is 5.75 Å². The molecule has 5 heteroatoms. The monoisotopic (exact) mass is 317 g/mol. The van der Waals surface area contributed by atoms with Crippen LogP contribution in [0.2, 0.25) is 0 Å². The van der Waals surface area contributed by atoms with Crippen molar-refractivity contribution in [3.8, 4) is 5.75 Å². The predicted octanol–water partition coefficient (Wildman–Crippen LogP) is 3.73. The number of hydrogen-bond donors (Lipinski definition) is 0. The highest BCUT2D eigenvalue weighted by Gasteiger charge is 2.21. The lowest BCUT2D eigenvalue weighted by atomic mass is 10.2. The van der Waals surface area contributed by atoms with Gasteiger partial charge in [-0.05, 0) is 48.6 Å². The Bertz CT molecular complexity index is 660. The SMILES string of the molecule is O=C(COc1ccc(F)cc1)N1CCCSc2ccccc21. The topological polar surface area (TPSA) is 29.5 Å². The number of carbonyl (C=O) groups is 1. The summed E-state index contributed by atoms with van der Waals surface area (Å²) in [5, 5.41) is 0. The molecule has 1 aliphatic heterocycles. The van der Waals surface area contributed by atoms with Crippen LogP contribution in [0.15, 0.2) is 53.4 Å². The van der Waals surface area contributed by atoms with E-state index in [0.717, 1.165) is 22.8 Å². The van der Waals surface area contributed by atoms with E-state index in [4.69, 9.17) is 4.74 Å². The molecule has 1 aliphatic rings. The van der Waals surface area contributed by atoms with Crippen molar-refractivity contribution in [2.24, 2.45) is 0 Å². The highest BCUT2D eigenvalue weighted by atomic mass is 32.2. The Morgan fingerprint density at radius 3 is 2.77 bits per heavy atom. The summed E-state index contributed by atoms with van der Waals surface area (Å²) in [6, 6.07) is 13.6. The van der Waals surface area contributed by atoms with Crippen molar-refractivity contribution in [1.29, 1.82) is 0 Å². The molecule has 0 bridgehead atoms. The maximum atomic E-state index is 12.9. The van der Waals surface area contributed by atoms with Gasteiger partial charge in [0.25, 0.3) is 5.91 Å². The Morgan fingerprint density at radius 1 is 1.18 bits per heavy atom. The number of fused-ring (bicyclic) bond motifs is 1. The molecule has 2 aromatic rings. The van der Waals surface area contributed by atoms with Crippen LogP contribution in [0.3, 0.4) is 0 Å². The molecule has 3 nitrogen and oxygen atoms in total. The number of benzene rings is 2. The average Bonchev–Trinajstić information content (AvgIpc) is 2.76. The molecule has 3 rings (SSSR count). The van der Waals surface area contributed by atoms with Crippen LogP contribution in [0.1, 0.15) is 6.42 Å². The smallest absolute Gasteiger partial charge is 0.264 e. The summed E-state index contributed by atoms with van der Waals surface area (Å²) in [5.41, 5.74) is 0.942. The Hall–Kier alpha value is -2.01. The van der Waals surface area contributed by atoms with Crippen LogP contribution in [0.25, 0.3) is 0 Å². The first-order valence-corrected chi connectivity index (χ1v) is 8.13. The lowest BCUT2D eigenvalue weighted by Gasteiger charge is -2.22. The van der Waals surface area contributed by atoms with Crippen molar-refractivity contribution in [2.75, 3.05) is 23.8 Å². The number of rotatable bonds is 3. The van der Waals surface area contributed by atoms with Gasteiger partial charge in [0, 0.05) is 11.4 Å². The molecule has 0 aliphatic carbocycles. The molecule has 0 radical (unpaired) electrons. The molecule has 1 amide bonds. The zero-order valence-electron chi connectivity index (χ0n) is 12.0. The van der Waals surface area contributed by atoms with Gasteiger partial charge in [-0.2, -0.15) is 0 Å². The molecule has 0 aromatic heterocycles. The van der Waals surface area contributed by atoms with Crippen LogP contribution in [0.4, 0.5) is 10.1 Å². The average molecular weight is 317 g/mol. The molecule has 22 heavy (non-hydrogen) atoms. The number of hydrogen-bond acceptors (Lipinski definition) is 3. The van der Waals surface area contributed by atoms with Crippen LogP contribution in [-0.2, 0) is 4.79 Å². The molecule has 2 aromatic carbocycles. The molecule has 1 heterocycles. The normalized spacial score (nSPS) is 14.1. The number of carbonyl (C=O) groups excluding carboxylic acids is 1. The summed E-state index contributed by atoms with van der Waals surface area (Å²) in [4.78, 5) is 15.4. The van der Waals surface area contributed by atoms with E-state index in [2.05, 4.69) is 0 Å². The molecule has 0 N–H and O–H groups in total. The molecule has 0 spiro atoms. The number of para-hydroxylation sites is 1. The Morgan fingerprint density at radius 2 is 1.95 bits per heavy atom. The van der Waals surface area contributed by atoms with Gasteiger partial charge in [-0.3, -0.25) is 4.79 Å². The first kappa shape index (κ1) is 14.9. The summed E-state index contributed by atoms with van der Waals surface area (Å²) >= 11 is 1.77. The largest absolute Gasteiger partial charge is 0.484 e. The zero-order valence-corrected chi connectivity index (χ0v) is 12.8. The van der Waals surface area contributed by atoms with Gasteiger partial charge in [0.1, 0.15) is 11.6 Å². The van der Waals surface area contributed by atoms with Crippen molar-refractivity contribution < 1.29 is 13.9 Å². The van der Waals surface area contributed by atoms with Gasteiger partial charge in [-0.25, -0.2) is 4.39 Å². The fourth-order valence-electron chi connectivity index (χ4n) is 2.34. The van der Waals surface area contributed by atoms with Crippen LogP contribution in [0, 0.1) is 5.82 Å². The number of thioether (sulfide) groups is 1. The van der Waals surface area contributed by atoms with Crippen LogP contribution in [-0.4, -0.2) is 24.8 Å². The van der Waals surface area contributed by atoms with E-state index >= 15 is 0 Å². The predicted molar refractivity (Wildman–Crippen MR) is 86.0 cm³/mol.